The number of nitrogens with one attached hydrogen (secondary N) is 1. The Morgan fingerprint density at radius 3 is 2.36 bits per heavy atom. The van der Waals surface area contributed by atoms with Crippen LogP contribution in [0.1, 0.15) is 61.0 Å². The third-order valence-electron chi connectivity index (χ3n) is 9.24. The van der Waals surface area contributed by atoms with Crippen LogP contribution in [-0.4, -0.2) is 77.8 Å². The largest absolute Gasteiger partial charge is 0.471 e. The van der Waals surface area contributed by atoms with Crippen molar-refractivity contribution in [1.82, 2.24) is 19.8 Å². The maximum Gasteiger partial charge on any atom is 0.264 e. The van der Waals surface area contributed by atoms with Crippen molar-refractivity contribution in [2.75, 3.05) is 24.4 Å². The zero-order valence-electron chi connectivity index (χ0n) is 26.0. The zero-order chi connectivity index (χ0) is 32.1. The molecule has 1 N–H and O–H groups in total. The molecule has 0 unspecified atom stereocenters. The van der Waals surface area contributed by atoms with Gasteiger partial charge in [0.2, 0.25) is 17.8 Å². The molecule has 9 nitrogen and oxygen atoms in total. The van der Waals surface area contributed by atoms with Crippen LogP contribution in [-0.2, 0) is 10.0 Å². The van der Waals surface area contributed by atoms with E-state index < -0.39 is 22.0 Å². The average molecular weight is 640 g/mol. The Hall–Kier alpha value is -3.64. The molecule has 0 spiro atoms. The lowest BCUT2D eigenvalue weighted by molar-refractivity contribution is -0.0563. The number of carbonyl (C=O) groups excluding carboxylic acids is 1. The fourth-order valence-corrected chi connectivity index (χ4v) is 7.83. The first-order valence-electron chi connectivity index (χ1n) is 15.5. The van der Waals surface area contributed by atoms with Gasteiger partial charge in [-0.15, -0.1) is 0 Å². The lowest BCUT2D eigenvalue weighted by Crippen LogP contribution is -2.50. The summed E-state index contributed by atoms with van der Waals surface area (Å²) in [5.41, 5.74) is 3.45. The monoisotopic (exact) mass is 639 g/mol. The van der Waals surface area contributed by atoms with E-state index in [1.807, 2.05) is 45.9 Å². The molecule has 240 valence electrons. The van der Waals surface area contributed by atoms with Crippen LogP contribution in [0.3, 0.4) is 0 Å². The number of hydrogen-bond donors (Lipinski definition) is 1. The van der Waals surface area contributed by atoms with Gasteiger partial charge in [0.15, 0.2) is 0 Å². The molecule has 1 aliphatic carbocycles. The van der Waals surface area contributed by atoms with Crippen LogP contribution in [0, 0.1) is 19.8 Å². The molecule has 45 heavy (non-hydrogen) atoms. The second-order valence-corrected chi connectivity index (χ2v) is 14.5. The van der Waals surface area contributed by atoms with Gasteiger partial charge in [0.05, 0.1) is 17.1 Å². The Bertz CT molecular complexity index is 1690. The quantitative estimate of drug-likeness (QED) is 0.393. The molecule has 2 atom stereocenters. The number of anilines is 1. The molecule has 3 heterocycles. The molecule has 0 radical (unpaired) electrons. The molecular formula is C33H39F2N5O4S. The van der Waals surface area contributed by atoms with Crippen molar-refractivity contribution in [3.8, 4) is 17.1 Å². The van der Waals surface area contributed by atoms with Gasteiger partial charge in [-0.2, -0.15) is 4.98 Å². The van der Waals surface area contributed by atoms with E-state index >= 15 is 0 Å². The van der Waals surface area contributed by atoms with Crippen molar-refractivity contribution in [1.29, 1.82) is 0 Å². The van der Waals surface area contributed by atoms with Gasteiger partial charge < -0.3 is 9.64 Å². The van der Waals surface area contributed by atoms with Crippen molar-refractivity contribution in [2.45, 2.75) is 82.4 Å². The maximum absolute atomic E-state index is 14.2. The number of aromatic nitrogens is 2. The summed E-state index contributed by atoms with van der Waals surface area (Å²) in [6, 6.07) is 13.2. The predicted octanol–water partition coefficient (Wildman–Crippen LogP) is 5.68. The highest BCUT2D eigenvalue weighted by Crippen LogP contribution is 2.37. The minimum absolute atomic E-state index is 0.0331. The normalized spacial score (nSPS) is 23.6. The fraction of sp³-hybridized carbons (Fsp3) is 0.485. The van der Waals surface area contributed by atoms with E-state index in [-0.39, 0.29) is 65.6 Å². The number of rotatable bonds is 3. The van der Waals surface area contributed by atoms with Crippen molar-refractivity contribution in [2.24, 2.45) is 5.92 Å². The molecule has 12 heteroatoms. The molecule has 2 aliphatic heterocycles. The first kappa shape index (κ1) is 31.3. The van der Waals surface area contributed by atoms with Crippen molar-refractivity contribution < 1.29 is 26.7 Å². The SMILES string of the molecule is Cc1cccc(C)c1-c1cc2nc(n1)NS(=O)(=O)c1cccc(c1)C(=O)N1C[C@@H](CN(C3CCC(F)(F)CC3)C[C@H]1C(C)C)O2. The highest BCUT2D eigenvalue weighted by atomic mass is 32.2. The second-order valence-electron chi connectivity index (χ2n) is 12.9. The van der Waals surface area contributed by atoms with Gasteiger partial charge >= 0.3 is 0 Å². The maximum atomic E-state index is 14.2. The van der Waals surface area contributed by atoms with Crippen LogP contribution in [0.25, 0.3) is 11.3 Å². The lowest BCUT2D eigenvalue weighted by Gasteiger charge is -2.39. The number of carbonyl (C=O) groups is 1. The molecule has 2 fully saturated rings. The predicted molar refractivity (Wildman–Crippen MR) is 167 cm³/mol. The Morgan fingerprint density at radius 1 is 0.978 bits per heavy atom. The van der Waals surface area contributed by atoms with Gasteiger partial charge in [0.25, 0.3) is 15.9 Å². The number of aryl methyl sites for hydroxylation is 2. The minimum atomic E-state index is -4.16. The molecule has 2 aromatic carbocycles. The summed E-state index contributed by atoms with van der Waals surface area (Å²) in [6.07, 6.45) is -0.200. The molecule has 3 aromatic rings. The summed E-state index contributed by atoms with van der Waals surface area (Å²) < 4.78 is 64.5. The van der Waals surface area contributed by atoms with E-state index in [0.29, 0.717) is 31.6 Å². The highest BCUT2D eigenvalue weighted by molar-refractivity contribution is 7.92. The first-order chi connectivity index (χ1) is 21.3. The van der Waals surface area contributed by atoms with E-state index in [2.05, 4.69) is 19.6 Å². The van der Waals surface area contributed by atoms with Crippen LogP contribution in [0.4, 0.5) is 14.7 Å². The van der Waals surface area contributed by atoms with E-state index in [9.17, 15) is 22.0 Å². The molecule has 6 bridgehead atoms. The summed E-state index contributed by atoms with van der Waals surface area (Å²) in [5, 5.41) is 0. The number of halogens is 2. The standard InChI is InChI=1S/C33H39F2N5O4S/c1-20(2)28-19-39(24-11-13-33(34,35)14-12-24)17-25-18-40(28)31(41)23-9-6-10-26(15-23)45(42,43)38-32-36-27(16-29(37-32)44-25)30-21(3)7-5-8-22(30)4/h5-10,15-16,20,24-25,28H,11-14,17-19H2,1-4H3,(H,36,37,38)/t25-,28+/m1/s1. The van der Waals surface area contributed by atoms with E-state index in [1.54, 1.807) is 23.1 Å². The zero-order valence-corrected chi connectivity index (χ0v) is 26.8. The molecular weight excluding hydrogens is 600 g/mol. The molecule has 1 saturated carbocycles. The van der Waals surface area contributed by atoms with Gasteiger partial charge in [0.1, 0.15) is 6.10 Å². The molecule has 3 aliphatic rings. The van der Waals surface area contributed by atoms with Crippen molar-refractivity contribution in [3.05, 3.63) is 65.2 Å². The number of nitrogens with zero attached hydrogens (tertiary/aromatic N) is 4. The number of ether oxygens (including phenoxy) is 1. The van der Waals surface area contributed by atoms with Gasteiger partial charge in [-0.3, -0.25) is 9.69 Å². The first-order valence-corrected chi connectivity index (χ1v) is 17.0. The Morgan fingerprint density at radius 2 is 1.67 bits per heavy atom. The number of fused-ring (bicyclic) bond motifs is 6. The lowest BCUT2D eigenvalue weighted by atomic mass is 9.90. The molecule has 1 saturated heterocycles. The number of amides is 1. The summed E-state index contributed by atoms with van der Waals surface area (Å²) in [7, 11) is -4.16. The van der Waals surface area contributed by atoms with Crippen LogP contribution in [0.5, 0.6) is 5.88 Å². The van der Waals surface area contributed by atoms with E-state index in [1.165, 1.54) is 12.1 Å². The van der Waals surface area contributed by atoms with E-state index in [4.69, 9.17) is 4.74 Å². The number of sulfonamides is 1. The van der Waals surface area contributed by atoms with Crippen LogP contribution >= 0.6 is 0 Å². The number of benzene rings is 2. The Balaban J connectivity index is 1.49. The van der Waals surface area contributed by atoms with Gasteiger partial charge in [-0.25, -0.2) is 26.9 Å². The highest BCUT2D eigenvalue weighted by Gasteiger charge is 2.42. The minimum Gasteiger partial charge on any atom is -0.471 e. The molecule has 1 aromatic heterocycles. The van der Waals surface area contributed by atoms with Crippen LogP contribution in [0.2, 0.25) is 0 Å². The van der Waals surface area contributed by atoms with Gasteiger partial charge in [0, 0.05) is 55.2 Å². The van der Waals surface area contributed by atoms with Crippen molar-refractivity contribution in [3.63, 3.8) is 0 Å². The van der Waals surface area contributed by atoms with Crippen LogP contribution in [0.15, 0.2) is 53.4 Å². The summed E-state index contributed by atoms with van der Waals surface area (Å²) >= 11 is 0. The second kappa shape index (κ2) is 11.9. The Labute approximate surface area is 263 Å². The van der Waals surface area contributed by atoms with Gasteiger partial charge in [-0.1, -0.05) is 38.1 Å². The average Bonchev–Trinajstić information content (AvgIpc) is 3.16. The topological polar surface area (TPSA) is 105 Å². The number of alkyl halides is 2. The summed E-state index contributed by atoms with van der Waals surface area (Å²) in [4.78, 5) is 27.1. The summed E-state index contributed by atoms with van der Waals surface area (Å²) in [6.45, 7) is 9.07. The summed E-state index contributed by atoms with van der Waals surface area (Å²) in [5.74, 6) is -2.94. The molecule has 6 rings (SSSR count). The smallest absolute Gasteiger partial charge is 0.264 e. The molecule has 1 amide bonds. The third-order valence-corrected chi connectivity index (χ3v) is 10.6. The third kappa shape index (κ3) is 6.53. The Kier molecular flexibility index (Phi) is 8.32. The van der Waals surface area contributed by atoms with E-state index in [0.717, 1.165) is 16.7 Å². The number of hydrogen-bond acceptors (Lipinski definition) is 7. The van der Waals surface area contributed by atoms with Gasteiger partial charge in [-0.05, 0) is 61.9 Å². The fourth-order valence-electron chi connectivity index (χ4n) is 6.84. The van der Waals surface area contributed by atoms with Crippen LogP contribution < -0.4 is 9.46 Å². The van der Waals surface area contributed by atoms with Crippen molar-refractivity contribution >= 4 is 21.9 Å².